The van der Waals surface area contributed by atoms with Gasteiger partial charge in [0.15, 0.2) is 6.10 Å². The highest BCUT2D eigenvalue weighted by atomic mass is 32.2. The second-order valence-corrected chi connectivity index (χ2v) is 9.32. The van der Waals surface area contributed by atoms with E-state index in [0.29, 0.717) is 11.4 Å². The van der Waals surface area contributed by atoms with Crippen molar-refractivity contribution in [1.82, 2.24) is 4.31 Å². The Morgan fingerprint density at radius 1 is 1.03 bits per heavy atom. The van der Waals surface area contributed by atoms with Gasteiger partial charge in [-0.05, 0) is 48.9 Å². The highest BCUT2D eigenvalue weighted by Crippen LogP contribution is 2.21. The Bertz CT molecular complexity index is 1210. The van der Waals surface area contributed by atoms with Crippen molar-refractivity contribution in [2.45, 2.75) is 24.5 Å². The van der Waals surface area contributed by atoms with Crippen molar-refractivity contribution in [2.24, 2.45) is 0 Å². The number of nitrogens with one attached hydrogen (secondary N) is 1. The lowest BCUT2D eigenvalue weighted by atomic mass is 10.2. The minimum absolute atomic E-state index is 0.0797. The summed E-state index contributed by atoms with van der Waals surface area (Å²) >= 11 is 0. The maximum absolute atomic E-state index is 12.8. The van der Waals surface area contributed by atoms with Crippen LogP contribution < -0.4 is 10.1 Å². The fraction of sp³-hybridized carbons (Fsp3) is 0.174. The molecule has 33 heavy (non-hydrogen) atoms. The van der Waals surface area contributed by atoms with Crippen molar-refractivity contribution in [3.05, 3.63) is 94.5 Å². The van der Waals surface area contributed by atoms with E-state index in [4.69, 9.17) is 4.74 Å². The van der Waals surface area contributed by atoms with Crippen LogP contribution in [0, 0.1) is 10.1 Å². The Morgan fingerprint density at radius 2 is 1.64 bits per heavy atom. The van der Waals surface area contributed by atoms with Gasteiger partial charge in [0.25, 0.3) is 11.6 Å². The van der Waals surface area contributed by atoms with E-state index in [-0.39, 0.29) is 17.1 Å². The molecule has 0 spiro atoms. The van der Waals surface area contributed by atoms with E-state index in [1.54, 1.807) is 0 Å². The number of sulfonamides is 1. The van der Waals surface area contributed by atoms with Gasteiger partial charge in [-0.1, -0.05) is 30.3 Å². The van der Waals surface area contributed by atoms with Crippen LogP contribution in [0.3, 0.4) is 0 Å². The van der Waals surface area contributed by atoms with E-state index < -0.39 is 27.0 Å². The number of nitro benzene ring substituents is 1. The monoisotopic (exact) mass is 469 g/mol. The molecule has 0 aromatic heterocycles. The minimum atomic E-state index is -3.70. The Hall–Kier alpha value is -3.76. The van der Waals surface area contributed by atoms with Crippen molar-refractivity contribution < 1.29 is 22.9 Å². The quantitative estimate of drug-likeness (QED) is 0.376. The number of carbonyl (C=O) groups is 1. The Balaban J connectivity index is 1.60. The Morgan fingerprint density at radius 3 is 2.21 bits per heavy atom. The van der Waals surface area contributed by atoms with Gasteiger partial charge in [-0.25, -0.2) is 8.42 Å². The average Bonchev–Trinajstić information content (AvgIpc) is 2.80. The number of non-ortho nitro benzene ring substituents is 1. The molecule has 172 valence electrons. The van der Waals surface area contributed by atoms with E-state index in [1.807, 2.05) is 30.3 Å². The first-order valence-electron chi connectivity index (χ1n) is 9.99. The van der Waals surface area contributed by atoms with Gasteiger partial charge in [-0.15, -0.1) is 0 Å². The number of ether oxygens (including phenoxy) is 1. The number of hydrogen-bond donors (Lipinski definition) is 1. The molecule has 0 aliphatic carbocycles. The molecular formula is C23H23N3O6S. The number of benzene rings is 3. The number of nitrogens with zero attached hydrogens (tertiary/aromatic N) is 2. The van der Waals surface area contributed by atoms with Crippen LogP contribution >= 0.6 is 0 Å². The van der Waals surface area contributed by atoms with Gasteiger partial charge in [0, 0.05) is 31.4 Å². The molecule has 0 saturated heterocycles. The van der Waals surface area contributed by atoms with Gasteiger partial charge in [0.05, 0.1) is 9.82 Å². The molecule has 9 nitrogen and oxygen atoms in total. The van der Waals surface area contributed by atoms with Crippen LogP contribution in [-0.4, -0.2) is 36.7 Å². The molecule has 1 amide bonds. The summed E-state index contributed by atoms with van der Waals surface area (Å²) in [5, 5.41) is 13.4. The molecule has 0 heterocycles. The lowest BCUT2D eigenvalue weighted by molar-refractivity contribution is -0.384. The molecule has 0 fully saturated rings. The van der Waals surface area contributed by atoms with E-state index in [1.165, 1.54) is 66.8 Å². The Labute approximate surface area is 191 Å². The number of rotatable bonds is 9. The zero-order chi connectivity index (χ0) is 24.0. The van der Waals surface area contributed by atoms with Crippen molar-refractivity contribution in [1.29, 1.82) is 0 Å². The summed E-state index contributed by atoms with van der Waals surface area (Å²) < 4.78 is 32.4. The minimum Gasteiger partial charge on any atom is -0.481 e. The summed E-state index contributed by atoms with van der Waals surface area (Å²) in [7, 11) is -2.19. The first-order valence-corrected chi connectivity index (χ1v) is 11.4. The zero-order valence-corrected chi connectivity index (χ0v) is 18.9. The van der Waals surface area contributed by atoms with Crippen LogP contribution in [0.15, 0.2) is 83.8 Å². The highest BCUT2D eigenvalue weighted by molar-refractivity contribution is 7.89. The maximum Gasteiger partial charge on any atom is 0.269 e. The van der Waals surface area contributed by atoms with Crippen molar-refractivity contribution in [3.63, 3.8) is 0 Å². The maximum atomic E-state index is 12.8. The topological polar surface area (TPSA) is 119 Å². The van der Waals surface area contributed by atoms with Crippen LogP contribution in [0.2, 0.25) is 0 Å². The smallest absolute Gasteiger partial charge is 0.269 e. The van der Waals surface area contributed by atoms with Gasteiger partial charge >= 0.3 is 0 Å². The summed E-state index contributed by atoms with van der Waals surface area (Å²) in [5.74, 6) is -0.142. The first-order chi connectivity index (χ1) is 15.7. The van der Waals surface area contributed by atoms with Crippen LogP contribution in [0.4, 0.5) is 11.4 Å². The first kappa shape index (κ1) is 23.9. The van der Waals surface area contributed by atoms with Gasteiger partial charge in [-0.2, -0.15) is 4.31 Å². The average molecular weight is 470 g/mol. The van der Waals surface area contributed by atoms with E-state index in [2.05, 4.69) is 5.32 Å². The lowest BCUT2D eigenvalue weighted by Crippen LogP contribution is -2.30. The standard InChI is InChI=1S/C23H23N3O6S/c1-17(32-21-12-10-20(11-13-21)26(28)29)23(27)24-19-8-14-22(15-9-19)33(30,31)25(2)16-18-6-4-3-5-7-18/h3-15,17H,16H2,1-2H3,(H,24,27). The summed E-state index contributed by atoms with van der Waals surface area (Å²) in [6.07, 6.45) is -0.883. The van der Waals surface area contributed by atoms with Gasteiger partial charge < -0.3 is 10.1 Å². The van der Waals surface area contributed by atoms with Gasteiger partial charge in [0.2, 0.25) is 10.0 Å². The SMILES string of the molecule is CC(Oc1ccc([N+](=O)[O-])cc1)C(=O)Nc1ccc(S(=O)(=O)N(C)Cc2ccccc2)cc1. The van der Waals surface area contributed by atoms with Crippen LogP contribution in [0.25, 0.3) is 0 Å². The molecule has 10 heteroatoms. The lowest BCUT2D eigenvalue weighted by Gasteiger charge is -2.18. The molecule has 0 radical (unpaired) electrons. The second kappa shape index (κ2) is 10.2. The highest BCUT2D eigenvalue weighted by Gasteiger charge is 2.21. The van der Waals surface area contributed by atoms with Crippen LogP contribution in [0.1, 0.15) is 12.5 Å². The predicted octanol–water partition coefficient (Wildman–Crippen LogP) is 3.82. The second-order valence-electron chi connectivity index (χ2n) is 7.27. The fourth-order valence-corrected chi connectivity index (χ4v) is 4.12. The molecule has 0 bridgehead atoms. The van der Waals surface area contributed by atoms with Gasteiger partial charge in [-0.3, -0.25) is 14.9 Å². The Kier molecular flexibility index (Phi) is 7.41. The summed E-state index contributed by atoms with van der Waals surface area (Å²) in [4.78, 5) is 22.7. The van der Waals surface area contributed by atoms with Crippen molar-refractivity contribution in [3.8, 4) is 5.75 Å². The number of carbonyl (C=O) groups excluding carboxylic acids is 1. The number of anilines is 1. The van der Waals surface area contributed by atoms with Crippen molar-refractivity contribution in [2.75, 3.05) is 12.4 Å². The molecule has 0 aliphatic rings. The molecule has 3 aromatic rings. The number of nitro groups is 1. The normalized spacial score (nSPS) is 12.2. The van der Waals surface area contributed by atoms with Crippen LogP contribution in [0.5, 0.6) is 5.75 Å². The molecule has 1 N–H and O–H groups in total. The van der Waals surface area contributed by atoms with Crippen molar-refractivity contribution >= 4 is 27.3 Å². The third kappa shape index (κ3) is 6.15. The predicted molar refractivity (Wildman–Crippen MR) is 123 cm³/mol. The zero-order valence-electron chi connectivity index (χ0n) is 18.0. The molecule has 3 aromatic carbocycles. The molecule has 0 saturated carbocycles. The number of hydrogen-bond acceptors (Lipinski definition) is 6. The van der Waals surface area contributed by atoms with Gasteiger partial charge in [0.1, 0.15) is 5.75 Å². The molecule has 0 aliphatic heterocycles. The molecule has 1 unspecified atom stereocenters. The van der Waals surface area contributed by atoms with E-state index in [9.17, 15) is 23.3 Å². The number of amides is 1. The van der Waals surface area contributed by atoms with E-state index >= 15 is 0 Å². The molecular weight excluding hydrogens is 446 g/mol. The molecule has 3 rings (SSSR count). The van der Waals surface area contributed by atoms with Crippen LogP contribution in [-0.2, 0) is 21.4 Å². The third-order valence-corrected chi connectivity index (χ3v) is 6.63. The third-order valence-electron chi connectivity index (χ3n) is 4.81. The van der Waals surface area contributed by atoms with E-state index in [0.717, 1.165) is 5.56 Å². The largest absolute Gasteiger partial charge is 0.481 e. The summed E-state index contributed by atoms with van der Waals surface area (Å²) in [6.45, 7) is 1.77. The fourth-order valence-electron chi connectivity index (χ4n) is 2.96. The summed E-state index contributed by atoms with van der Waals surface area (Å²) in [5.41, 5.74) is 1.20. The molecule has 1 atom stereocenters. The summed E-state index contributed by atoms with van der Waals surface area (Å²) in [6, 6.07) is 20.5.